The average molecular weight is 286 g/mol. The number of benzene rings is 1. The number of carbonyl (C=O) groups excluding carboxylic acids is 2. The molecule has 1 unspecified atom stereocenters. The first-order chi connectivity index (χ1) is 10.2. The maximum absolute atomic E-state index is 12.2. The SMILES string of the molecule is C=CCC(CC)C(=O)NC(=O)N1CCc2ccccc2C1. The molecule has 1 aromatic rings. The maximum Gasteiger partial charge on any atom is 0.324 e. The highest BCUT2D eigenvalue weighted by atomic mass is 16.2. The van der Waals surface area contributed by atoms with Gasteiger partial charge in [-0.1, -0.05) is 37.3 Å². The standard InChI is InChI=1S/C17H22N2O2/c1-3-7-13(4-2)16(20)18-17(21)19-11-10-14-8-5-6-9-15(14)12-19/h3,5-6,8-9,13H,1,4,7,10-12H2,2H3,(H,18,20,21). The number of amides is 3. The van der Waals surface area contributed by atoms with Crippen LogP contribution < -0.4 is 5.32 Å². The number of hydrogen-bond acceptors (Lipinski definition) is 2. The number of nitrogens with zero attached hydrogens (tertiary/aromatic N) is 1. The lowest BCUT2D eigenvalue weighted by atomic mass is 10.00. The van der Waals surface area contributed by atoms with Crippen LogP contribution in [-0.4, -0.2) is 23.4 Å². The molecule has 2 rings (SSSR count). The molecule has 3 amide bonds. The van der Waals surface area contributed by atoms with Gasteiger partial charge in [0.15, 0.2) is 0 Å². The van der Waals surface area contributed by atoms with Crippen LogP contribution in [0.15, 0.2) is 36.9 Å². The molecule has 1 N–H and O–H groups in total. The van der Waals surface area contributed by atoms with Crippen LogP contribution in [0.25, 0.3) is 0 Å². The quantitative estimate of drug-likeness (QED) is 0.865. The van der Waals surface area contributed by atoms with Crippen molar-refractivity contribution in [3.63, 3.8) is 0 Å². The van der Waals surface area contributed by atoms with Crippen LogP contribution in [0.1, 0.15) is 30.9 Å². The predicted octanol–water partition coefficient (Wildman–Crippen LogP) is 2.88. The number of urea groups is 1. The molecule has 0 spiro atoms. The van der Waals surface area contributed by atoms with Crippen LogP contribution in [0.5, 0.6) is 0 Å². The Balaban J connectivity index is 1.96. The van der Waals surface area contributed by atoms with Gasteiger partial charge in [0.2, 0.25) is 5.91 Å². The molecule has 0 fully saturated rings. The predicted molar refractivity (Wildman–Crippen MR) is 82.7 cm³/mol. The minimum atomic E-state index is -0.294. The van der Waals surface area contributed by atoms with E-state index in [0.29, 0.717) is 25.9 Å². The average Bonchev–Trinajstić information content (AvgIpc) is 2.51. The second-order valence-corrected chi connectivity index (χ2v) is 5.36. The lowest BCUT2D eigenvalue weighted by Gasteiger charge is -2.29. The normalized spacial score (nSPS) is 15.0. The van der Waals surface area contributed by atoms with Crippen LogP contribution in [0.2, 0.25) is 0 Å². The summed E-state index contributed by atoms with van der Waals surface area (Å²) in [5.74, 6) is -0.384. The third kappa shape index (κ3) is 3.72. The van der Waals surface area contributed by atoms with E-state index in [1.54, 1.807) is 11.0 Å². The maximum atomic E-state index is 12.2. The van der Waals surface area contributed by atoms with Crippen molar-refractivity contribution in [3.8, 4) is 0 Å². The summed E-state index contributed by atoms with van der Waals surface area (Å²) in [4.78, 5) is 26.0. The molecule has 1 aromatic carbocycles. The molecule has 4 nitrogen and oxygen atoms in total. The van der Waals surface area contributed by atoms with Gasteiger partial charge in [-0.05, 0) is 30.4 Å². The first-order valence-corrected chi connectivity index (χ1v) is 7.43. The number of allylic oxidation sites excluding steroid dienone is 1. The fourth-order valence-corrected chi connectivity index (χ4v) is 2.62. The summed E-state index contributed by atoms with van der Waals surface area (Å²) in [5, 5.41) is 2.52. The summed E-state index contributed by atoms with van der Waals surface area (Å²) in [7, 11) is 0. The van der Waals surface area contributed by atoms with E-state index < -0.39 is 0 Å². The van der Waals surface area contributed by atoms with E-state index in [1.165, 1.54) is 5.56 Å². The highest BCUT2D eigenvalue weighted by Crippen LogP contribution is 2.18. The van der Waals surface area contributed by atoms with E-state index in [4.69, 9.17) is 0 Å². The van der Waals surface area contributed by atoms with Crippen molar-refractivity contribution in [2.24, 2.45) is 5.92 Å². The summed E-state index contributed by atoms with van der Waals surface area (Å²) in [6, 6.07) is 7.81. The Hall–Kier alpha value is -2.10. The van der Waals surface area contributed by atoms with Crippen molar-refractivity contribution in [1.29, 1.82) is 0 Å². The number of imide groups is 1. The van der Waals surface area contributed by atoms with Crippen molar-refractivity contribution < 1.29 is 9.59 Å². The van der Waals surface area contributed by atoms with E-state index in [0.717, 1.165) is 12.0 Å². The Morgan fingerprint density at radius 1 is 1.38 bits per heavy atom. The van der Waals surface area contributed by atoms with Gasteiger partial charge < -0.3 is 4.90 Å². The van der Waals surface area contributed by atoms with Crippen LogP contribution in [-0.2, 0) is 17.8 Å². The van der Waals surface area contributed by atoms with Gasteiger partial charge >= 0.3 is 6.03 Å². The molecule has 0 bridgehead atoms. The second-order valence-electron chi connectivity index (χ2n) is 5.36. The summed E-state index contributed by atoms with van der Waals surface area (Å²) >= 11 is 0. The first kappa shape index (κ1) is 15.3. The topological polar surface area (TPSA) is 49.4 Å². The van der Waals surface area contributed by atoms with Crippen molar-refractivity contribution >= 4 is 11.9 Å². The molecule has 112 valence electrons. The number of rotatable bonds is 4. The van der Waals surface area contributed by atoms with Crippen molar-refractivity contribution in [3.05, 3.63) is 48.0 Å². The Morgan fingerprint density at radius 3 is 2.76 bits per heavy atom. The van der Waals surface area contributed by atoms with Gasteiger partial charge in [-0.25, -0.2) is 4.79 Å². The molecule has 21 heavy (non-hydrogen) atoms. The number of fused-ring (bicyclic) bond motifs is 1. The summed E-state index contributed by atoms with van der Waals surface area (Å²) in [6.45, 7) is 6.80. The van der Waals surface area contributed by atoms with Crippen LogP contribution in [0, 0.1) is 5.92 Å². The van der Waals surface area contributed by atoms with Gasteiger partial charge in [0, 0.05) is 19.0 Å². The largest absolute Gasteiger partial charge is 0.324 e. The molecule has 4 heteroatoms. The minimum Gasteiger partial charge on any atom is -0.320 e. The Kier molecular flexibility index (Phi) is 5.14. The smallest absolute Gasteiger partial charge is 0.320 e. The van der Waals surface area contributed by atoms with Gasteiger partial charge in [-0.3, -0.25) is 10.1 Å². The fourth-order valence-electron chi connectivity index (χ4n) is 2.62. The molecule has 1 aliphatic heterocycles. The summed E-state index contributed by atoms with van der Waals surface area (Å²) < 4.78 is 0. The Morgan fingerprint density at radius 2 is 2.10 bits per heavy atom. The van der Waals surface area contributed by atoms with Crippen LogP contribution >= 0.6 is 0 Å². The molecule has 0 saturated heterocycles. The van der Waals surface area contributed by atoms with Gasteiger partial charge in [0.1, 0.15) is 0 Å². The molecule has 1 atom stereocenters. The van der Waals surface area contributed by atoms with Crippen molar-refractivity contribution in [2.75, 3.05) is 6.54 Å². The van der Waals surface area contributed by atoms with Crippen LogP contribution in [0.4, 0.5) is 4.79 Å². The van der Waals surface area contributed by atoms with E-state index in [-0.39, 0.29) is 17.9 Å². The lowest BCUT2D eigenvalue weighted by Crippen LogP contribution is -2.46. The third-order valence-corrected chi connectivity index (χ3v) is 3.96. The molecule has 1 heterocycles. The second kappa shape index (κ2) is 7.07. The Bertz CT molecular complexity index is 539. The third-order valence-electron chi connectivity index (χ3n) is 3.96. The minimum absolute atomic E-state index is 0.177. The van der Waals surface area contributed by atoms with Crippen LogP contribution in [0.3, 0.4) is 0 Å². The highest BCUT2D eigenvalue weighted by molar-refractivity contribution is 5.95. The zero-order chi connectivity index (χ0) is 15.2. The molecular weight excluding hydrogens is 264 g/mol. The highest BCUT2D eigenvalue weighted by Gasteiger charge is 2.24. The molecule has 0 aromatic heterocycles. The molecule has 0 saturated carbocycles. The molecular formula is C17H22N2O2. The van der Waals surface area contributed by atoms with Gasteiger partial charge in [-0.15, -0.1) is 6.58 Å². The lowest BCUT2D eigenvalue weighted by molar-refractivity contribution is -0.124. The van der Waals surface area contributed by atoms with Crippen molar-refractivity contribution in [1.82, 2.24) is 10.2 Å². The van der Waals surface area contributed by atoms with Gasteiger partial charge in [0.25, 0.3) is 0 Å². The zero-order valence-electron chi connectivity index (χ0n) is 12.5. The van der Waals surface area contributed by atoms with Gasteiger partial charge in [0.05, 0.1) is 0 Å². The van der Waals surface area contributed by atoms with E-state index >= 15 is 0 Å². The van der Waals surface area contributed by atoms with Gasteiger partial charge in [-0.2, -0.15) is 0 Å². The summed E-state index contributed by atoms with van der Waals surface area (Å²) in [5.41, 5.74) is 2.44. The fraction of sp³-hybridized carbons (Fsp3) is 0.412. The molecule has 0 aliphatic carbocycles. The van der Waals surface area contributed by atoms with E-state index in [1.807, 2.05) is 25.1 Å². The number of hydrogen-bond donors (Lipinski definition) is 1. The zero-order valence-corrected chi connectivity index (χ0v) is 12.5. The molecule has 0 radical (unpaired) electrons. The number of carbonyl (C=O) groups is 2. The van der Waals surface area contributed by atoms with E-state index in [9.17, 15) is 9.59 Å². The molecule has 1 aliphatic rings. The number of nitrogens with one attached hydrogen (secondary N) is 1. The summed E-state index contributed by atoms with van der Waals surface area (Å²) in [6.07, 6.45) is 3.85. The Labute approximate surface area is 125 Å². The van der Waals surface area contributed by atoms with E-state index in [2.05, 4.69) is 18.0 Å². The first-order valence-electron chi connectivity index (χ1n) is 7.43. The van der Waals surface area contributed by atoms with Crippen molar-refractivity contribution in [2.45, 2.75) is 32.7 Å². The monoisotopic (exact) mass is 286 g/mol.